The normalized spacial score (nSPS) is 13.7. The molecule has 0 spiro atoms. The predicted octanol–water partition coefficient (Wildman–Crippen LogP) is 5.83. The third-order valence-corrected chi connectivity index (χ3v) is 8.14. The summed E-state index contributed by atoms with van der Waals surface area (Å²) in [6, 6.07) is 16.7. The quantitative estimate of drug-likeness (QED) is 0.257. The second kappa shape index (κ2) is 15.7. The van der Waals surface area contributed by atoms with E-state index < -0.39 is 41.1 Å². The number of allylic oxidation sites excluding steroid dienone is 1. The molecule has 0 aliphatic heterocycles. The number of aryl methyl sites for hydroxylation is 1. The second-order valence-electron chi connectivity index (χ2n) is 13.3. The van der Waals surface area contributed by atoms with E-state index in [-0.39, 0.29) is 17.9 Å². The van der Waals surface area contributed by atoms with Crippen molar-refractivity contribution in [1.82, 2.24) is 15.1 Å². The van der Waals surface area contributed by atoms with Crippen LogP contribution in [-0.4, -0.2) is 76.6 Å². The summed E-state index contributed by atoms with van der Waals surface area (Å²) in [5, 5.41) is 12.6. The predicted molar refractivity (Wildman–Crippen MR) is 177 cm³/mol. The lowest BCUT2D eigenvalue weighted by Crippen LogP contribution is -2.61. The minimum atomic E-state index is -1.82. The van der Waals surface area contributed by atoms with Crippen molar-refractivity contribution in [1.29, 1.82) is 0 Å². The molecule has 0 fully saturated rings. The minimum absolute atomic E-state index is 0.127. The summed E-state index contributed by atoms with van der Waals surface area (Å²) < 4.78 is 5.34. The third kappa shape index (κ3) is 9.93. The van der Waals surface area contributed by atoms with Crippen molar-refractivity contribution >= 4 is 23.9 Å². The molecule has 0 heterocycles. The van der Waals surface area contributed by atoms with Crippen LogP contribution in [0.15, 0.2) is 72.3 Å². The number of hydrogen-bond acceptors (Lipinski definition) is 5. The van der Waals surface area contributed by atoms with Crippen LogP contribution in [0.4, 0.5) is 4.79 Å². The van der Waals surface area contributed by atoms with Crippen molar-refractivity contribution in [3.05, 3.63) is 83.4 Å². The van der Waals surface area contributed by atoms with Gasteiger partial charge < -0.3 is 20.1 Å². The van der Waals surface area contributed by atoms with Crippen LogP contribution in [0.2, 0.25) is 0 Å². The molecule has 2 aromatic carbocycles. The zero-order valence-corrected chi connectivity index (χ0v) is 28.5. The Hall–Kier alpha value is -4.14. The number of nitrogens with zero attached hydrogens (tertiary/aromatic N) is 2. The number of carbonyl (C=O) groups is 4. The van der Waals surface area contributed by atoms with E-state index in [1.54, 1.807) is 11.9 Å². The Morgan fingerprint density at radius 2 is 1.42 bits per heavy atom. The molecule has 3 atom stereocenters. The van der Waals surface area contributed by atoms with Gasteiger partial charge in [-0.05, 0) is 57.6 Å². The van der Waals surface area contributed by atoms with Gasteiger partial charge in [-0.3, -0.25) is 14.5 Å². The smallest absolute Gasteiger partial charge is 0.411 e. The van der Waals surface area contributed by atoms with Gasteiger partial charge in [0.25, 0.3) is 0 Å². The molecule has 45 heavy (non-hydrogen) atoms. The van der Waals surface area contributed by atoms with Crippen LogP contribution >= 0.6 is 0 Å². The monoisotopic (exact) mass is 621 g/mol. The largest absolute Gasteiger partial charge is 0.478 e. The first-order chi connectivity index (χ1) is 20.9. The van der Waals surface area contributed by atoms with Gasteiger partial charge in [0.2, 0.25) is 17.4 Å². The van der Waals surface area contributed by atoms with E-state index in [1.807, 2.05) is 108 Å². The maximum absolute atomic E-state index is 14.4. The Morgan fingerprint density at radius 1 is 0.889 bits per heavy atom. The van der Waals surface area contributed by atoms with Crippen molar-refractivity contribution in [2.24, 2.45) is 5.92 Å². The minimum Gasteiger partial charge on any atom is -0.478 e. The van der Waals surface area contributed by atoms with Gasteiger partial charge in [-0.2, -0.15) is 0 Å². The number of hydrogen-bond donors (Lipinski definition) is 2. The van der Waals surface area contributed by atoms with Crippen LogP contribution in [0.1, 0.15) is 72.9 Å². The average Bonchev–Trinajstić information content (AvgIpc) is 2.97. The molecule has 0 saturated heterocycles. The van der Waals surface area contributed by atoms with Gasteiger partial charge in [0.05, 0.1) is 6.04 Å². The summed E-state index contributed by atoms with van der Waals surface area (Å²) >= 11 is 0. The molecule has 2 rings (SSSR count). The first-order valence-corrected chi connectivity index (χ1v) is 15.4. The molecular formula is C36H51N3O6. The number of nitrogens with one attached hydrogen (secondary N) is 1. The maximum Gasteiger partial charge on any atom is 0.411 e. The van der Waals surface area contributed by atoms with Crippen molar-refractivity contribution in [3.63, 3.8) is 0 Å². The highest BCUT2D eigenvalue weighted by molar-refractivity contribution is 5.93. The van der Waals surface area contributed by atoms with Gasteiger partial charge >= 0.3 is 12.1 Å². The third-order valence-electron chi connectivity index (χ3n) is 8.14. The van der Waals surface area contributed by atoms with Crippen molar-refractivity contribution in [2.75, 3.05) is 14.1 Å². The SMILES string of the molecule is CC(C)=C[C@H](C(C)C)N(C)C(=O)[C@H](CCc1ccccc1)NC(=O)[C@@H](N(C)C(=O)OC(C)(C)C(=O)O)C(C)(C)c1ccccc1. The van der Waals surface area contributed by atoms with Crippen molar-refractivity contribution in [2.45, 2.75) is 97.4 Å². The van der Waals surface area contributed by atoms with E-state index in [1.165, 1.54) is 20.9 Å². The second-order valence-corrected chi connectivity index (χ2v) is 13.3. The van der Waals surface area contributed by atoms with Crippen LogP contribution in [0.25, 0.3) is 0 Å². The Kier molecular flexibility index (Phi) is 13.0. The number of carboxylic acid groups (broad SMARTS) is 1. The number of aliphatic carboxylic acids is 1. The molecule has 0 aliphatic carbocycles. The van der Waals surface area contributed by atoms with Crippen molar-refractivity contribution < 1.29 is 29.0 Å². The number of rotatable bonds is 14. The lowest BCUT2D eigenvalue weighted by Gasteiger charge is -2.41. The standard InChI is InChI=1S/C36H51N3O6/c1-24(2)23-29(25(3)4)38(9)32(41)28(22-21-26-17-13-11-14-18-26)37-31(40)30(35(5,6)27-19-15-12-16-20-27)39(10)34(44)45-36(7,8)33(42)43/h11-20,23,25,28-30H,21-22H2,1-10H3,(H,37,40)(H,42,43)/t28-,29+,30+/m0/s1. The summed E-state index contributed by atoms with van der Waals surface area (Å²) in [6.45, 7) is 14.3. The molecule has 9 nitrogen and oxygen atoms in total. The summed E-state index contributed by atoms with van der Waals surface area (Å²) in [5.41, 5.74) is 0.0854. The highest BCUT2D eigenvalue weighted by Crippen LogP contribution is 2.31. The van der Waals surface area contributed by atoms with E-state index in [2.05, 4.69) is 5.32 Å². The number of carbonyl (C=O) groups excluding carboxylic acids is 3. The fraction of sp³-hybridized carbons (Fsp3) is 0.500. The summed E-state index contributed by atoms with van der Waals surface area (Å²) in [6.07, 6.45) is 1.95. The highest BCUT2D eigenvalue weighted by atomic mass is 16.6. The molecular weight excluding hydrogens is 570 g/mol. The van der Waals surface area contributed by atoms with Gasteiger partial charge in [0, 0.05) is 19.5 Å². The molecule has 0 unspecified atom stereocenters. The Morgan fingerprint density at radius 3 is 1.91 bits per heavy atom. The number of ether oxygens (including phenoxy) is 1. The van der Waals surface area contributed by atoms with E-state index in [0.29, 0.717) is 12.8 Å². The molecule has 0 radical (unpaired) electrons. The Labute approximate surface area is 268 Å². The Bertz CT molecular complexity index is 1330. The molecule has 246 valence electrons. The zero-order valence-electron chi connectivity index (χ0n) is 28.5. The van der Waals surface area contributed by atoms with E-state index in [0.717, 1.165) is 21.6 Å². The van der Waals surface area contributed by atoms with Gasteiger partial charge in [0.15, 0.2) is 0 Å². The highest BCUT2D eigenvalue weighted by Gasteiger charge is 2.45. The van der Waals surface area contributed by atoms with Gasteiger partial charge in [-0.1, -0.05) is 100 Å². The number of carboxylic acids is 1. The van der Waals surface area contributed by atoms with Crippen LogP contribution in [-0.2, 0) is 31.0 Å². The number of likely N-dealkylation sites (N-methyl/N-ethyl adjacent to an activating group) is 2. The van der Waals surface area contributed by atoms with E-state index in [4.69, 9.17) is 4.74 Å². The molecule has 0 aromatic heterocycles. The summed E-state index contributed by atoms with van der Waals surface area (Å²) in [5.74, 6) is -2.00. The van der Waals surface area contributed by atoms with Gasteiger partial charge in [-0.25, -0.2) is 9.59 Å². The molecule has 2 aromatic rings. The molecule has 0 bridgehead atoms. The fourth-order valence-corrected chi connectivity index (χ4v) is 5.40. The van der Waals surface area contributed by atoms with Crippen LogP contribution in [0, 0.1) is 5.92 Å². The summed E-state index contributed by atoms with van der Waals surface area (Å²) in [4.78, 5) is 56.4. The lowest BCUT2D eigenvalue weighted by molar-refractivity contribution is -0.156. The molecule has 0 saturated carbocycles. The van der Waals surface area contributed by atoms with E-state index >= 15 is 0 Å². The van der Waals surface area contributed by atoms with Gasteiger partial charge in [-0.15, -0.1) is 0 Å². The maximum atomic E-state index is 14.4. The van der Waals surface area contributed by atoms with Crippen LogP contribution in [0.3, 0.4) is 0 Å². The number of amides is 3. The van der Waals surface area contributed by atoms with Crippen LogP contribution < -0.4 is 5.32 Å². The topological polar surface area (TPSA) is 116 Å². The van der Waals surface area contributed by atoms with Crippen molar-refractivity contribution in [3.8, 4) is 0 Å². The van der Waals surface area contributed by atoms with Gasteiger partial charge in [0.1, 0.15) is 12.1 Å². The van der Waals surface area contributed by atoms with E-state index in [9.17, 15) is 24.3 Å². The Balaban J connectivity index is 2.56. The lowest BCUT2D eigenvalue weighted by atomic mass is 9.76. The fourth-order valence-electron chi connectivity index (χ4n) is 5.40. The molecule has 9 heteroatoms. The molecule has 2 N–H and O–H groups in total. The molecule has 0 aliphatic rings. The first-order valence-electron chi connectivity index (χ1n) is 15.4. The zero-order chi connectivity index (χ0) is 34.1. The number of benzene rings is 2. The summed E-state index contributed by atoms with van der Waals surface area (Å²) in [7, 11) is 3.16. The first kappa shape index (κ1) is 37.0. The average molecular weight is 622 g/mol. The molecule has 3 amide bonds. The van der Waals surface area contributed by atoms with Crippen LogP contribution in [0.5, 0.6) is 0 Å².